The summed E-state index contributed by atoms with van der Waals surface area (Å²) in [4.78, 5) is 11.1. The summed E-state index contributed by atoms with van der Waals surface area (Å²) < 4.78 is 5.17. The van der Waals surface area contributed by atoms with Crippen LogP contribution in [0, 0.1) is 0 Å². The Hall–Kier alpha value is -2.17. The maximum atomic E-state index is 11.1. The van der Waals surface area contributed by atoms with Crippen molar-refractivity contribution >= 4 is 17.3 Å². The third-order valence-electron chi connectivity index (χ3n) is 2.29. The summed E-state index contributed by atoms with van der Waals surface area (Å²) in [6.45, 7) is 4.32. The van der Waals surface area contributed by atoms with Crippen LogP contribution in [0.15, 0.2) is 24.8 Å². The number of nitrogen functional groups attached to an aromatic ring is 1. The predicted octanol–water partition coefficient (Wildman–Crippen LogP) is 1.36. The molecular formula is C12H17N3O2. The van der Waals surface area contributed by atoms with E-state index in [1.807, 2.05) is 0 Å². The van der Waals surface area contributed by atoms with Crippen LogP contribution >= 0.6 is 0 Å². The second-order valence-corrected chi connectivity index (χ2v) is 3.51. The largest absolute Gasteiger partial charge is 0.494 e. The zero-order valence-electron chi connectivity index (χ0n) is 9.82. The number of hydrogen-bond donors (Lipinski definition) is 3. The molecule has 0 aliphatic rings. The minimum atomic E-state index is -0.535. The van der Waals surface area contributed by atoms with Gasteiger partial charge in [0.1, 0.15) is 11.4 Å². The standard InChI is InChI=1S/C12H17N3O2/c1-3-4-5-15-11-9(13)6-8(12(14)16)7-10(11)17-2/h3,6-7,15H,1,4-5,13H2,2H3,(H2,14,16). The molecule has 5 heteroatoms. The highest BCUT2D eigenvalue weighted by Gasteiger charge is 2.11. The fourth-order valence-corrected chi connectivity index (χ4v) is 1.43. The van der Waals surface area contributed by atoms with Crippen molar-refractivity contribution in [2.75, 3.05) is 24.7 Å². The molecule has 0 saturated carbocycles. The first-order valence-electron chi connectivity index (χ1n) is 5.22. The van der Waals surface area contributed by atoms with Crippen molar-refractivity contribution in [3.8, 4) is 5.75 Å². The maximum Gasteiger partial charge on any atom is 0.248 e. The van der Waals surface area contributed by atoms with Crippen molar-refractivity contribution in [2.24, 2.45) is 5.73 Å². The number of nitrogens with one attached hydrogen (secondary N) is 1. The van der Waals surface area contributed by atoms with Crippen LogP contribution in [0.2, 0.25) is 0 Å². The average Bonchev–Trinajstić information content (AvgIpc) is 2.30. The van der Waals surface area contributed by atoms with Gasteiger partial charge in [-0.05, 0) is 18.6 Å². The number of methoxy groups -OCH3 is 1. The van der Waals surface area contributed by atoms with Crippen molar-refractivity contribution < 1.29 is 9.53 Å². The minimum absolute atomic E-state index is 0.327. The molecule has 0 heterocycles. The number of anilines is 2. The molecule has 92 valence electrons. The Morgan fingerprint density at radius 1 is 1.59 bits per heavy atom. The van der Waals surface area contributed by atoms with E-state index in [2.05, 4.69) is 11.9 Å². The fourth-order valence-electron chi connectivity index (χ4n) is 1.43. The summed E-state index contributed by atoms with van der Waals surface area (Å²) >= 11 is 0. The number of rotatable bonds is 6. The third-order valence-corrected chi connectivity index (χ3v) is 2.29. The number of primary amides is 1. The van der Waals surface area contributed by atoms with Gasteiger partial charge in [0, 0.05) is 12.1 Å². The third kappa shape index (κ3) is 3.14. The van der Waals surface area contributed by atoms with Crippen LogP contribution in [-0.2, 0) is 0 Å². The van der Waals surface area contributed by atoms with E-state index in [4.69, 9.17) is 16.2 Å². The first-order chi connectivity index (χ1) is 8.10. The van der Waals surface area contributed by atoms with Crippen LogP contribution in [0.25, 0.3) is 0 Å². The second-order valence-electron chi connectivity index (χ2n) is 3.51. The zero-order valence-corrected chi connectivity index (χ0v) is 9.82. The topological polar surface area (TPSA) is 90.4 Å². The lowest BCUT2D eigenvalue weighted by Gasteiger charge is -2.14. The highest BCUT2D eigenvalue weighted by molar-refractivity contribution is 5.96. The van der Waals surface area contributed by atoms with Gasteiger partial charge in [0.25, 0.3) is 0 Å². The van der Waals surface area contributed by atoms with Crippen molar-refractivity contribution in [3.63, 3.8) is 0 Å². The van der Waals surface area contributed by atoms with Gasteiger partial charge in [0.2, 0.25) is 5.91 Å². The normalized spacial score (nSPS) is 9.71. The summed E-state index contributed by atoms with van der Waals surface area (Å²) in [7, 11) is 1.51. The summed E-state index contributed by atoms with van der Waals surface area (Å²) in [6, 6.07) is 3.09. The Kier molecular flexibility index (Phi) is 4.39. The number of carbonyl (C=O) groups is 1. The molecule has 0 aliphatic carbocycles. The Balaban J connectivity index is 3.03. The molecule has 0 saturated heterocycles. The van der Waals surface area contributed by atoms with Gasteiger partial charge in [0.15, 0.2) is 0 Å². The molecule has 5 nitrogen and oxygen atoms in total. The van der Waals surface area contributed by atoms with E-state index in [9.17, 15) is 4.79 Å². The first kappa shape index (κ1) is 12.9. The van der Waals surface area contributed by atoms with Crippen molar-refractivity contribution in [1.29, 1.82) is 0 Å². The van der Waals surface area contributed by atoms with Crippen LogP contribution in [0.4, 0.5) is 11.4 Å². The summed E-state index contributed by atoms with van der Waals surface area (Å²) in [5.74, 6) is -0.0319. The molecule has 1 rings (SSSR count). The molecular weight excluding hydrogens is 218 g/mol. The van der Waals surface area contributed by atoms with Crippen LogP contribution in [0.1, 0.15) is 16.8 Å². The quantitative estimate of drug-likeness (QED) is 0.394. The molecule has 0 aliphatic heterocycles. The van der Waals surface area contributed by atoms with Crippen molar-refractivity contribution in [3.05, 3.63) is 30.4 Å². The number of amides is 1. The maximum absolute atomic E-state index is 11.1. The van der Waals surface area contributed by atoms with Crippen molar-refractivity contribution in [2.45, 2.75) is 6.42 Å². The number of carbonyl (C=O) groups excluding carboxylic acids is 1. The number of nitrogens with two attached hydrogens (primary N) is 2. The summed E-state index contributed by atoms with van der Waals surface area (Å²) in [5, 5.41) is 3.13. The number of hydrogen-bond acceptors (Lipinski definition) is 4. The van der Waals surface area contributed by atoms with Crippen LogP contribution in [-0.4, -0.2) is 19.6 Å². The molecule has 0 aromatic heterocycles. The molecule has 0 atom stereocenters. The smallest absolute Gasteiger partial charge is 0.248 e. The Bertz CT molecular complexity index is 430. The predicted molar refractivity (Wildman–Crippen MR) is 69.2 cm³/mol. The Morgan fingerprint density at radius 3 is 2.82 bits per heavy atom. The van der Waals surface area contributed by atoms with E-state index < -0.39 is 5.91 Å². The molecule has 0 fully saturated rings. The molecule has 1 amide bonds. The minimum Gasteiger partial charge on any atom is -0.494 e. The van der Waals surface area contributed by atoms with E-state index in [0.29, 0.717) is 29.2 Å². The van der Waals surface area contributed by atoms with E-state index >= 15 is 0 Å². The molecule has 0 bridgehead atoms. The fraction of sp³-hybridized carbons (Fsp3) is 0.250. The lowest BCUT2D eigenvalue weighted by atomic mass is 10.1. The molecule has 0 unspecified atom stereocenters. The van der Waals surface area contributed by atoms with Gasteiger partial charge >= 0.3 is 0 Å². The van der Waals surface area contributed by atoms with Gasteiger partial charge in [0.05, 0.1) is 12.8 Å². The van der Waals surface area contributed by atoms with Gasteiger partial charge in [-0.2, -0.15) is 0 Å². The van der Waals surface area contributed by atoms with Gasteiger partial charge in [-0.3, -0.25) is 4.79 Å². The molecule has 0 radical (unpaired) electrons. The second kappa shape index (κ2) is 5.79. The van der Waals surface area contributed by atoms with Gasteiger partial charge < -0.3 is 21.5 Å². The van der Waals surface area contributed by atoms with Gasteiger partial charge in [-0.1, -0.05) is 6.08 Å². The van der Waals surface area contributed by atoms with Crippen LogP contribution in [0.3, 0.4) is 0 Å². The van der Waals surface area contributed by atoms with E-state index in [1.54, 1.807) is 12.1 Å². The molecule has 0 spiro atoms. The van der Waals surface area contributed by atoms with E-state index in [-0.39, 0.29) is 0 Å². The Morgan fingerprint density at radius 2 is 2.29 bits per heavy atom. The van der Waals surface area contributed by atoms with Crippen LogP contribution < -0.4 is 21.5 Å². The first-order valence-corrected chi connectivity index (χ1v) is 5.22. The zero-order chi connectivity index (χ0) is 12.8. The molecule has 5 N–H and O–H groups in total. The Labute approximate surface area is 100 Å². The highest BCUT2D eigenvalue weighted by atomic mass is 16.5. The monoisotopic (exact) mass is 235 g/mol. The van der Waals surface area contributed by atoms with Gasteiger partial charge in [-0.15, -0.1) is 6.58 Å². The summed E-state index contributed by atoms with van der Waals surface area (Å²) in [6.07, 6.45) is 2.60. The summed E-state index contributed by atoms with van der Waals surface area (Å²) in [5.41, 5.74) is 12.5. The van der Waals surface area contributed by atoms with Crippen LogP contribution in [0.5, 0.6) is 5.75 Å². The number of ether oxygens (including phenoxy) is 1. The molecule has 1 aromatic carbocycles. The number of benzene rings is 1. The average molecular weight is 235 g/mol. The van der Waals surface area contributed by atoms with Gasteiger partial charge in [-0.25, -0.2) is 0 Å². The van der Waals surface area contributed by atoms with E-state index in [1.165, 1.54) is 13.2 Å². The molecule has 1 aromatic rings. The van der Waals surface area contributed by atoms with E-state index in [0.717, 1.165) is 6.42 Å². The molecule has 17 heavy (non-hydrogen) atoms. The lowest BCUT2D eigenvalue weighted by molar-refractivity contribution is 0.1000. The lowest BCUT2D eigenvalue weighted by Crippen LogP contribution is -2.13. The van der Waals surface area contributed by atoms with Crippen molar-refractivity contribution in [1.82, 2.24) is 0 Å². The SMILES string of the molecule is C=CCCNc1c(N)cc(C(N)=O)cc1OC. The highest BCUT2D eigenvalue weighted by Crippen LogP contribution is 2.32.